The number of ether oxygens (including phenoxy) is 2. The van der Waals surface area contributed by atoms with Gasteiger partial charge in [-0.15, -0.1) is 23.5 Å². The van der Waals surface area contributed by atoms with E-state index >= 15 is 0 Å². The Morgan fingerprint density at radius 3 is 1.75 bits per heavy atom. The molecule has 2 nitrogen and oxygen atoms in total. The van der Waals surface area contributed by atoms with E-state index in [1.807, 2.05) is 36.0 Å². The second-order valence-corrected chi connectivity index (χ2v) is 8.34. The first-order chi connectivity index (χ1) is 13.5. The van der Waals surface area contributed by atoms with Crippen molar-refractivity contribution in [3.8, 4) is 11.5 Å². The predicted octanol–water partition coefficient (Wildman–Crippen LogP) is 7.23. The largest absolute Gasteiger partial charge is 0.497 e. The van der Waals surface area contributed by atoms with Crippen LogP contribution in [0.4, 0.5) is 0 Å². The van der Waals surface area contributed by atoms with Gasteiger partial charge in [0.25, 0.3) is 0 Å². The lowest BCUT2D eigenvalue weighted by molar-refractivity contribution is 0.414. The Labute approximate surface area is 177 Å². The zero-order chi connectivity index (χ0) is 20.4. The third-order valence-corrected chi connectivity index (χ3v) is 6.48. The number of thioether (sulfide) groups is 2. The van der Waals surface area contributed by atoms with E-state index in [-0.39, 0.29) is 0 Å². The third kappa shape index (κ3) is 7.17. The minimum Gasteiger partial charge on any atom is -0.497 e. The molecule has 0 N–H and O–H groups in total. The Kier molecular flexibility index (Phi) is 9.32. The lowest BCUT2D eigenvalue weighted by atomic mass is 10.2. The molecule has 28 heavy (non-hydrogen) atoms. The molecule has 0 fully saturated rings. The van der Waals surface area contributed by atoms with Crippen molar-refractivity contribution in [2.24, 2.45) is 0 Å². The molecule has 0 aliphatic heterocycles. The van der Waals surface area contributed by atoms with Crippen molar-refractivity contribution in [1.29, 1.82) is 0 Å². The number of methoxy groups -OCH3 is 2. The summed E-state index contributed by atoms with van der Waals surface area (Å²) < 4.78 is 10.4. The van der Waals surface area contributed by atoms with Gasteiger partial charge in [0.2, 0.25) is 0 Å². The van der Waals surface area contributed by atoms with Gasteiger partial charge < -0.3 is 9.47 Å². The number of allylic oxidation sites excluding steroid dienone is 3. The molecule has 148 valence electrons. The highest BCUT2D eigenvalue weighted by Gasteiger charge is 2.04. The zero-order valence-corrected chi connectivity index (χ0v) is 18.7. The van der Waals surface area contributed by atoms with Crippen LogP contribution in [0.1, 0.15) is 25.0 Å². The van der Waals surface area contributed by atoms with Crippen LogP contribution in [0.3, 0.4) is 0 Å². The molecule has 0 radical (unpaired) electrons. The highest BCUT2D eigenvalue weighted by atomic mass is 32.2. The first-order valence-electron chi connectivity index (χ1n) is 9.11. The maximum absolute atomic E-state index is 5.22. The Balaban J connectivity index is 1.87. The van der Waals surface area contributed by atoms with Crippen molar-refractivity contribution in [1.82, 2.24) is 0 Å². The summed E-state index contributed by atoms with van der Waals surface area (Å²) >= 11 is 3.60. The van der Waals surface area contributed by atoms with Gasteiger partial charge in [0, 0.05) is 21.3 Å². The molecule has 0 bridgehead atoms. The van der Waals surface area contributed by atoms with Crippen molar-refractivity contribution < 1.29 is 9.47 Å². The summed E-state index contributed by atoms with van der Waals surface area (Å²) in [5.41, 5.74) is 3.79. The Hall–Kier alpha value is -2.04. The minimum absolute atomic E-state index is 0.884. The molecule has 0 atom stereocenters. The van der Waals surface area contributed by atoms with Gasteiger partial charge in [-0.2, -0.15) is 0 Å². The van der Waals surface area contributed by atoms with Crippen LogP contribution in [0.5, 0.6) is 11.5 Å². The van der Waals surface area contributed by atoms with E-state index in [1.165, 1.54) is 21.6 Å². The van der Waals surface area contributed by atoms with Gasteiger partial charge in [-0.1, -0.05) is 36.9 Å². The van der Waals surface area contributed by atoms with E-state index in [0.717, 1.165) is 27.9 Å². The fraction of sp³-hybridized carbons (Fsp3) is 0.250. The lowest BCUT2D eigenvalue weighted by Crippen LogP contribution is -1.87. The molecule has 0 spiro atoms. The molecule has 0 saturated carbocycles. The summed E-state index contributed by atoms with van der Waals surface area (Å²) in [5, 5.41) is 0. The fourth-order valence-corrected chi connectivity index (χ4v) is 4.33. The lowest BCUT2D eigenvalue weighted by Gasteiger charge is -2.10. The Bertz CT molecular complexity index is 819. The summed E-state index contributed by atoms with van der Waals surface area (Å²) in [4.78, 5) is 2.35. The Morgan fingerprint density at radius 1 is 0.857 bits per heavy atom. The first kappa shape index (κ1) is 22.3. The fourth-order valence-electron chi connectivity index (χ4n) is 2.56. The molecule has 0 aliphatic rings. The van der Waals surface area contributed by atoms with E-state index in [2.05, 4.69) is 56.8 Å². The van der Waals surface area contributed by atoms with Crippen molar-refractivity contribution in [2.75, 3.05) is 14.2 Å². The predicted molar refractivity (Wildman–Crippen MR) is 125 cm³/mol. The van der Waals surface area contributed by atoms with Gasteiger partial charge in [0.1, 0.15) is 11.5 Å². The van der Waals surface area contributed by atoms with Gasteiger partial charge in [-0.25, -0.2) is 0 Å². The molecule has 2 rings (SSSR count). The topological polar surface area (TPSA) is 18.5 Å². The van der Waals surface area contributed by atoms with Crippen molar-refractivity contribution in [3.63, 3.8) is 0 Å². The molecular formula is C24H28O2S2. The van der Waals surface area contributed by atoms with Gasteiger partial charge in [-0.05, 0) is 60.9 Å². The molecule has 2 aromatic carbocycles. The van der Waals surface area contributed by atoms with Crippen molar-refractivity contribution in [3.05, 3.63) is 93.8 Å². The average molecular weight is 413 g/mol. The van der Waals surface area contributed by atoms with Gasteiger partial charge in [0.05, 0.1) is 14.2 Å². The van der Waals surface area contributed by atoms with Gasteiger partial charge >= 0.3 is 0 Å². The number of benzene rings is 2. The van der Waals surface area contributed by atoms with Crippen molar-refractivity contribution in [2.45, 2.75) is 25.4 Å². The highest BCUT2D eigenvalue weighted by Crippen LogP contribution is 2.31. The molecule has 0 heterocycles. The monoisotopic (exact) mass is 412 g/mol. The van der Waals surface area contributed by atoms with E-state index in [4.69, 9.17) is 9.47 Å². The summed E-state index contributed by atoms with van der Waals surface area (Å²) in [7, 11) is 3.38. The van der Waals surface area contributed by atoms with Crippen LogP contribution in [0.2, 0.25) is 0 Å². The molecule has 4 heteroatoms. The number of rotatable bonds is 10. The standard InChI is InChI=1S/C24H28O2S2/c1-6-24(28-17-21-9-13-23(26-5)14-10-21)18(2)15-19(3)27-16-20-7-11-22(25-4)12-8-20/h6-15H,3,16-17H2,1-2,4-5H3/b18-15-,24-6+. The zero-order valence-electron chi connectivity index (χ0n) is 17.0. The maximum atomic E-state index is 5.22. The SMILES string of the molecule is C=C(/C=C(C)\C(=C/C)SCc1ccc(OC)cc1)SCc1ccc(OC)cc1. The molecule has 0 saturated heterocycles. The molecule has 0 aliphatic carbocycles. The highest BCUT2D eigenvalue weighted by molar-refractivity contribution is 8.03. The number of hydrogen-bond donors (Lipinski definition) is 0. The molecule has 2 aromatic rings. The van der Waals surface area contributed by atoms with E-state index < -0.39 is 0 Å². The normalized spacial score (nSPS) is 12.0. The molecule has 0 amide bonds. The van der Waals surface area contributed by atoms with Crippen LogP contribution >= 0.6 is 23.5 Å². The maximum Gasteiger partial charge on any atom is 0.118 e. The second kappa shape index (κ2) is 11.7. The first-order valence-corrected chi connectivity index (χ1v) is 11.1. The second-order valence-electron chi connectivity index (χ2n) is 6.22. The number of hydrogen-bond acceptors (Lipinski definition) is 4. The summed E-state index contributed by atoms with van der Waals surface area (Å²) in [5.74, 6) is 3.60. The van der Waals surface area contributed by atoms with Crippen LogP contribution in [0.15, 0.2) is 82.6 Å². The molecule has 0 aromatic heterocycles. The molecular weight excluding hydrogens is 384 g/mol. The summed E-state index contributed by atoms with van der Waals surface area (Å²) in [6.45, 7) is 8.44. The minimum atomic E-state index is 0.884. The van der Waals surface area contributed by atoms with Crippen LogP contribution in [-0.4, -0.2) is 14.2 Å². The van der Waals surface area contributed by atoms with Crippen LogP contribution in [0, 0.1) is 0 Å². The van der Waals surface area contributed by atoms with Crippen LogP contribution < -0.4 is 9.47 Å². The van der Waals surface area contributed by atoms with Crippen molar-refractivity contribution >= 4 is 23.5 Å². The van der Waals surface area contributed by atoms with Crippen LogP contribution in [0.25, 0.3) is 0 Å². The average Bonchev–Trinajstić information content (AvgIpc) is 2.73. The smallest absolute Gasteiger partial charge is 0.118 e. The van der Waals surface area contributed by atoms with Gasteiger partial charge in [-0.3, -0.25) is 0 Å². The van der Waals surface area contributed by atoms with Gasteiger partial charge in [0.15, 0.2) is 0 Å². The summed E-state index contributed by atoms with van der Waals surface area (Å²) in [6.07, 6.45) is 4.34. The molecule has 0 unspecified atom stereocenters. The van der Waals surface area contributed by atoms with E-state index in [9.17, 15) is 0 Å². The van der Waals surface area contributed by atoms with E-state index in [0.29, 0.717) is 0 Å². The van der Waals surface area contributed by atoms with Crippen LogP contribution in [-0.2, 0) is 11.5 Å². The van der Waals surface area contributed by atoms with E-state index in [1.54, 1.807) is 26.0 Å². The quantitative estimate of drug-likeness (QED) is 0.383. The summed E-state index contributed by atoms with van der Waals surface area (Å²) in [6, 6.07) is 16.4. The third-order valence-electron chi connectivity index (χ3n) is 4.17. The Morgan fingerprint density at radius 2 is 1.32 bits per heavy atom.